The molecule has 10 nitrogen and oxygen atoms in total. The van der Waals surface area contributed by atoms with Crippen molar-refractivity contribution in [3.8, 4) is 0 Å². The fourth-order valence-electron chi connectivity index (χ4n) is 5.35. The molecule has 2 fully saturated rings. The van der Waals surface area contributed by atoms with E-state index in [0.29, 0.717) is 29.4 Å². The number of carbonyl (C=O) groups is 1. The van der Waals surface area contributed by atoms with Gasteiger partial charge >= 0.3 is 6.09 Å². The van der Waals surface area contributed by atoms with Crippen LogP contribution in [-0.4, -0.2) is 68.0 Å². The van der Waals surface area contributed by atoms with E-state index < -0.39 is 6.09 Å². The monoisotopic (exact) mass is 527 g/mol. The van der Waals surface area contributed by atoms with Crippen molar-refractivity contribution in [2.24, 2.45) is 5.92 Å². The number of ether oxygens (including phenoxy) is 1. The molecule has 3 aromatic rings. The Morgan fingerprint density at radius 2 is 2.00 bits per heavy atom. The number of anilines is 3. The summed E-state index contributed by atoms with van der Waals surface area (Å²) in [6, 6.07) is 7.75. The van der Waals surface area contributed by atoms with Crippen LogP contribution in [0.5, 0.6) is 0 Å². The lowest BCUT2D eigenvalue weighted by Crippen LogP contribution is -2.41. The number of hydrogen-bond acceptors (Lipinski definition) is 7. The van der Waals surface area contributed by atoms with Crippen LogP contribution < -0.4 is 10.6 Å². The van der Waals surface area contributed by atoms with Gasteiger partial charge in [0.1, 0.15) is 5.52 Å². The Labute approximate surface area is 221 Å². The second-order valence-electron chi connectivity index (χ2n) is 10.5. The summed E-state index contributed by atoms with van der Waals surface area (Å²) in [7, 11) is 1.63. The summed E-state index contributed by atoms with van der Waals surface area (Å²) in [5.41, 5.74) is 2.23. The fraction of sp³-hybridized carbons (Fsp3) is 0.538. The van der Waals surface area contributed by atoms with Gasteiger partial charge in [-0.3, -0.25) is 4.57 Å². The molecule has 3 N–H and O–H groups in total. The summed E-state index contributed by atoms with van der Waals surface area (Å²) in [6.07, 6.45) is 6.38. The lowest BCUT2D eigenvalue weighted by atomic mass is 9.85. The lowest BCUT2D eigenvalue weighted by Gasteiger charge is -2.34. The SMILES string of the molecule is CN(CC1CCC(n2c(Nc3cccc(Cl)c3)nc3cnc(NC4(C)CCOCC4)nc32)CC1)C(=O)O. The molecule has 0 radical (unpaired) electrons. The average Bonchev–Trinajstić information content (AvgIpc) is 3.21. The van der Waals surface area contributed by atoms with Crippen LogP contribution in [0.3, 0.4) is 0 Å². The van der Waals surface area contributed by atoms with E-state index in [1.807, 2.05) is 24.3 Å². The minimum absolute atomic E-state index is 0.118. The molecule has 198 valence electrons. The molecule has 0 unspecified atom stereocenters. The zero-order valence-electron chi connectivity index (χ0n) is 21.3. The molecule has 5 rings (SSSR count). The summed E-state index contributed by atoms with van der Waals surface area (Å²) in [5.74, 6) is 1.63. The number of imidazole rings is 1. The number of aromatic nitrogens is 4. The number of rotatable bonds is 7. The van der Waals surface area contributed by atoms with Crippen LogP contribution in [0, 0.1) is 5.92 Å². The van der Waals surface area contributed by atoms with Gasteiger partial charge in [0.05, 0.1) is 6.20 Å². The minimum Gasteiger partial charge on any atom is -0.465 e. The molecule has 37 heavy (non-hydrogen) atoms. The van der Waals surface area contributed by atoms with Gasteiger partial charge in [-0.25, -0.2) is 14.8 Å². The standard InChI is InChI=1S/C26H34ClN7O3/c1-26(10-12-37-13-11-26)32-23-28-15-21-22(31-23)34(24(30-21)29-19-5-3-4-18(27)14-19)20-8-6-17(7-9-20)16-33(2)25(35)36/h3-5,14-15,17,20H,6-13,16H2,1-2H3,(H,29,30)(H,35,36)(H,28,31,32). The van der Waals surface area contributed by atoms with Crippen molar-refractivity contribution < 1.29 is 14.6 Å². The highest BCUT2D eigenvalue weighted by atomic mass is 35.5. The largest absolute Gasteiger partial charge is 0.465 e. The highest BCUT2D eigenvalue weighted by Crippen LogP contribution is 2.37. The first kappa shape index (κ1) is 25.5. The van der Waals surface area contributed by atoms with Gasteiger partial charge in [-0.2, -0.15) is 4.98 Å². The first-order valence-electron chi connectivity index (χ1n) is 12.9. The number of fused-ring (bicyclic) bond motifs is 1. The summed E-state index contributed by atoms with van der Waals surface area (Å²) in [6.45, 7) is 4.18. The van der Waals surface area contributed by atoms with Crippen molar-refractivity contribution in [1.29, 1.82) is 0 Å². The van der Waals surface area contributed by atoms with E-state index in [2.05, 4.69) is 27.1 Å². The third-order valence-corrected chi connectivity index (χ3v) is 7.80. The predicted molar refractivity (Wildman–Crippen MR) is 144 cm³/mol. The van der Waals surface area contributed by atoms with Crippen molar-refractivity contribution in [1.82, 2.24) is 24.4 Å². The van der Waals surface area contributed by atoms with E-state index in [4.69, 9.17) is 26.3 Å². The van der Waals surface area contributed by atoms with Crippen molar-refractivity contribution in [3.63, 3.8) is 0 Å². The number of carboxylic acid groups (broad SMARTS) is 1. The van der Waals surface area contributed by atoms with Crippen LogP contribution in [0.25, 0.3) is 11.2 Å². The van der Waals surface area contributed by atoms with Crippen LogP contribution in [0.2, 0.25) is 5.02 Å². The molecule has 0 bridgehead atoms. The van der Waals surface area contributed by atoms with Crippen molar-refractivity contribution in [2.75, 3.05) is 37.4 Å². The second-order valence-corrected chi connectivity index (χ2v) is 10.9. The van der Waals surface area contributed by atoms with E-state index in [1.54, 1.807) is 13.2 Å². The summed E-state index contributed by atoms with van der Waals surface area (Å²) >= 11 is 6.23. The van der Waals surface area contributed by atoms with Gasteiger partial charge in [0.25, 0.3) is 0 Å². The maximum absolute atomic E-state index is 11.3. The Morgan fingerprint density at radius 3 is 2.70 bits per heavy atom. The van der Waals surface area contributed by atoms with Gasteiger partial charge in [0.2, 0.25) is 11.9 Å². The molecular formula is C26H34ClN7O3. The Kier molecular flexibility index (Phi) is 7.39. The zero-order valence-corrected chi connectivity index (χ0v) is 22.0. The van der Waals surface area contributed by atoms with E-state index in [-0.39, 0.29) is 11.6 Å². The smallest absolute Gasteiger partial charge is 0.407 e. The number of amides is 1. The molecule has 2 aromatic heterocycles. The number of nitrogens with zero attached hydrogens (tertiary/aromatic N) is 5. The van der Waals surface area contributed by atoms with E-state index >= 15 is 0 Å². The first-order chi connectivity index (χ1) is 17.8. The summed E-state index contributed by atoms with van der Waals surface area (Å²) in [4.78, 5) is 27.0. The topological polar surface area (TPSA) is 117 Å². The van der Waals surface area contributed by atoms with E-state index in [1.165, 1.54) is 4.90 Å². The maximum Gasteiger partial charge on any atom is 0.407 e. The maximum atomic E-state index is 11.3. The zero-order chi connectivity index (χ0) is 26.0. The average molecular weight is 528 g/mol. The summed E-state index contributed by atoms with van der Waals surface area (Å²) < 4.78 is 7.72. The van der Waals surface area contributed by atoms with Crippen LogP contribution in [0.1, 0.15) is 51.5 Å². The molecule has 1 aliphatic heterocycles. The van der Waals surface area contributed by atoms with E-state index in [0.717, 1.165) is 68.6 Å². The fourth-order valence-corrected chi connectivity index (χ4v) is 5.54. The molecule has 0 spiro atoms. The Morgan fingerprint density at radius 1 is 1.24 bits per heavy atom. The van der Waals surface area contributed by atoms with Gasteiger partial charge in [0.15, 0.2) is 5.65 Å². The molecule has 11 heteroatoms. The number of halogens is 1. The number of nitrogens with one attached hydrogen (secondary N) is 2. The van der Waals surface area contributed by atoms with Crippen molar-refractivity contribution >= 4 is 46.4 Å². The lowest BCUT2D eigenvalue weighted by molar-refractivity contribution is 0.0656. The van der Waals surface area contributed by atoms with Crippen molar-refractivity contribution in [3.05, 3.63) is 35.5 Å². The molecule has 1 saturated heterocycles. The van der Waals surface area contributed by atoms with Crippen LogP contribution in [0.15, 0.2) is 30.5 Å². The van der Waals surface area contributed by atoms with Gasteiger partial charge < -0.3 is 25.4 Å². The quantitative estimate of drug-likeness (QED) is 0.366. The van der Waals surface area contributed by atoms with E-state index in [9.17, 15) is 9.90 Å². The normalized spacial score (nSPS) is 21.5. The van der Waals surface area contributed by atoms with Crippen LogP contribution >= 0.6 is 11.6 Å². The predicted octanol–water partition coefficient (Wildman–Crippen LogP) is 5.55. The number of benzene rings is 1. The highest BCUT2D eigenvalue weighted by Gasteiger charge is 2.30. The highest BCUT2D eigenvalue weighted by molar-refractivity contribution is 6.30. The molecule has 2 aliphatic rings. The minimum atomic E-state index is -0.884. The van der Waals surface area contributed by atoms with Crippen molar-refractivity contribution in [2.45, 2.75) is 57.0 Å². The third kappa shape index (κ3) is 5.91. The van der Waals surface area contributed by atoms with Gasteiger partial charge in [-0.1, -0.05) is 17.7 Å². The van der Waals surface area contributed by atoms with Crippen LogP contribution in [-0.2, 0) is 4.74 Å². The Balaban J connectivity index is 1.44. The molecule has 0 atom stereocenters. The van der Waals surface area contributed by atoms with Crippen LogP contribution in [0.4, 0.5) is 22.4 Å². The molecule has 3 heterocycles. The molecular weight excluding hydrogens is 494 g/mol. The number of hydrogen-bond donors (Lipinski definition) is 3. The Hall–Kier alpha value is -3.11. The molecule has 1 saturated carbocycles. The third-order valence-electron chi connectivity index (χ3n) is 7.56. The van der Waals surface area contributed by atoms with Gasteiger partial charge in [-0.05, 0) is 69.6 Å². The molecule has 1 aliphatic carbocycles. The summed E-state index contributed by atoms with van der Waals surface area (Å²) in [5, 5.41) is 16.9. The first-order valence-corrected chi connectivity index (χ1v) is 13.2. The second kappa shape index (κ2) is 10.7. The van der Waals surface area contributed by atoms with Gasteiger partial charge in [0, 0.05) is 49.1 Å². The van der Waals surface area contributed by atoms with Gasteiger partial charge in [-0.15, -0.1) is 0 Å². The molecule has 1 amide bonds. The molecule has 1 aromatic carbocycles. The Bertz CT molecular complexity index is 1250.